The number of aliphatic imine (C=N–C) groups is 1. The van der Waals surface area contributed by atoms with Gasteiger partial charge in [-0.05, 0) is 43.3 Å². The van der Waals surface area contributed by atoms with Crippen molar-refractivity contribution in [3.63, 3.8) is 0 Å². The molecule has 34 heavy (non-hydrogen) atoms. The number of carbonyl (C=O) groups excluding carboxylic acids is 2. The number of aromatic amines is 1. The molecule has 0 atom stereocenters. The van der Waals surface area contributed by atoms with Crippen LogP contribution in [0.1, 0.15) is 6.92 Å². The molecule has 0 fully saturated rings. The Morgan fingerprint density at radius 2 is 1.74 bits per heavy atom. The molecule has 0 bridgehead atoms. The first-order chi connectivity index (χ1) is 16.2. The van der Waals surface area contributed by atoms with Crippen LogP contribution in [0.3, 0.4) is 0 Å². The SMILES string of the molecule is CC1=NC(=O)N(c2ccc(Oc3ccc(F)cc3F)c(-c3cn(C)c(=O)c4[nH]ccc34)c2)C1=O. The van der Waals surface area contributed by atoms with Gasteiger partial charge in [0.25, 0.3) is 11.5 Å². The van der Waals surface area contributed by atoms with Gasteiger partial charge in [-0.2, -0.15) is 4.99 Å². The number of nitrogens with zero attached hydrogens (tertiary/aromatic N) is 3. The highest BCUT2D eigenvalue weighted by Gasteiger charge is 2.32. The van der Waals surface area contributed by atoms with Crippen LogP contribution >= 0.6 is 0 Å². The number of ether oxygens (including phenoxy) is 1. The Hall–Kier alpha value is -4.60. The summed E-state index contributed by atoms with van der Waals surface area (Å²) in [6.45, 7) is 1.44. The topological polar surface area (TPSA) is 96.8 Å². The number of imide groups is 1. The molecule has 1 N–H and O–H groups in total. The zero-order valence-corrected chi connectivity index (χ0v) is 17.9. The van der Waals surface area contributed by atoms with Gasteiger partial charge in [-0.1, -0.05) is 0 Å². The third kappa shape index (κ3) is 3.36. The number of nitrogens with one attached hydrogen (secondary N) is 1. The second-order valence-electron chi connectivity index (χ2n) is 7.70. The minimum atomic E-state index is -0.906. The van der Waals surface area contributed by atoms with Crippen LogP contribution in [-0.2, 0) is 11.8 Å². The van der Waals surface area contributed by atoms with Crippen molar-refractivity contribution >= 4 is 34.2 Å². The lowest BCUT2D eigenvalue weighted by Gasteiger charge is -2.18. The van der Waals surface area contributed by atoms with Crippen LogP contribution in [-0.4, -0.2) is 27.2 Å². The number of pyridine rings is 1. The van der Waals surface area contributed by atoms with Crippen molar-refractivity contribution in [3.05, 3.63) is 76.8 Å². The molecule has 1 aliphatic heterocycles. The van der Waals surface area contributed by atoms with Crippen molar-refractivity contribution in [3.8, 4) is 22.6 Å². The van der Waals surface area contributed by atoms with Crippen molar-refractivity contribution in [2.24, 2.45) is 12.0 Å². The summed E-state index contributed by atoms with van der Waals surface area (Å²) in [7, 11) is 1.57. The molecule has 0 spiro atoms. The first-order valence-electron chi connectivity index (χ1n) is 10.1. The van der Waals surface area contributed by atoms with Gasteiger partial charge in [0.15, 0.2) is 11.6 Å². The second kappa shape index (κ2) is 7.77. The molecule has 10 heteroatoms. The van der Waals surface area contributed by atoms with Gasteiger partial charge in [0.05, 0.1) is 5.69 Å². The third-order valence-corrected chi connectivity index (χ3v) is 5.49. The Labute approximate surface area is 190 Å². The largest absolute Gasteiger partial charge is 0.454 e. The van der Waals surface area contributed by atoms with Gasteiger partial charge in [-0.25, -0.2) is 18.5 Å². The van der Waals surface area contributed by atoms with Gasteiger partial charge in [-0.3, -0.25) is 9.59 Å². The fraction of sp³-hybridized carbons (Fsp3) is 0.0833. The number of carbonyl (C=O) groups is 2. The zero-order chi connectivity index (χ0) is 24.1. The maximum Gasteiger partial charge on any atom is 0.355 e. The quantitative estimate of drug-likeness (QED) is 0.482. The molecule has 0 unspecified atom stereocenters. The van der Waals surface area contributed by atoms with Crippen molar-refractivity contribution in [2.45, 2.75) is 6.92 Å². The minimum Gasteiger partial charge on any atom is -0.454 e. The van der Waals surface area contributed by atoms with E-state index in [-0.39, 0.29) is 28.5 Å². The van der Waals surface area contributed by atoms with Crippen molar-refractivity contribution in [1.29, 1.82) is 0 Å². The highest BCUT2D eigenvalue weighted by molar-refractivity contribution is 6.53. The van der Waals surface area contributed by atoms with E-state index in [0.717, 1.165) is 17.0 Å². The average molecular weight is 462 g/mol. The minimum absolute atomic E-state index is 0.0513. The van der Waals surface area contributed by atoms with Crippen molar-refractivity contribution in [2.75, 3.05) is 4.90 Å². The standard InChI is InChI=1S/C24H16F2N4O4/c1-12-22(31)30(24(33)28-12)14-4-6-19(34-20-5-3-13(25)9-18(20)26)16(10-14)17-11-29(2)23(32)21-15(17)7-8-27-21/h3-11,27H,1-2H3. The Bertz CT molecular complexity index is 1600. The van der Waals surface area contributed by atoms with Crippen LogP contribution in [0.5, 0.6) is 11.5 Å². The van der Waals surface area contributed by atoms with E-state index in [1.807, 2.05) is 0 Å². The van der Waals surface area contributed by atoms with E-state index < -0.39 is 23.6 Å². The molecule has 2 aromatic heterocycles. The number of anilines is 1. The normalized spacial score (nSPS) is 13.6. The van der Waals surface area contributed by atoms with Crippen LogP contribution in [0, 0.1) is 11.6 Å². The number of amides is 3. The lowest BCUT2D eigenvalue weighted by Crippen LogP contribution is -2.31. The number of fused-ring (bicyclic) bond motifs is 1. The zero-order valence-electron chi connectivity index (χ0n) is 17.9. The van der Waals surface area contributed by atoms with Crippen molar-refractivity contribution < 1.29 is 23.1 Å². The van der Waals surface area contributed by atoms with E-state index in [4.69, 9.17) is 4.74 Å². The number of hydrogen-bond acceptors (Lipinski definition) is 4. The van der Waals surface area contributed by atoms with Gasteiger partial charge >= 0.3 is 6.03 Å². The summed E-state index contributed by atoms with van der Waals surface area (Å²) in [6.07, 6.45) is 3.17. The molecule has 0 radical (unpaired) electrons. The van der Waals surface area contributed by atoms with E-state index in [2.05, 4.69) is 9.98 Å². The van der Waals surface area contributed by atoms with Crippen LogP contribution in [0.15, 0.2) is 64.6 Å². The number of urea groups is 1. The summed E-state index contributed by atoms with van der Waals surface area (Å²) >= 11 is 0. The summed E-state index contributed by atoms with van der Waals surface area (Å²) < 4.78 is 34.8. The molecule has 1 aliphatic rings. The van der Waals surface area contributed by atoms with E-state index in [0.29, 0.717) is 28.1 Å². The van der Waals surface area contributed by atoms with E-state index >= 15 is 0 Å². The molecule has 8 nitrogen and oxygen atoms in total. The Balaban J connectivity index is 1.73. The van der Waals surface area contributed by atoms with Crippen LogP contribution in [0.25, 0.3) is 22.0 Å². The molecule has 170 valence electrons. The molecule has 3 heterocycles. The fourth-order valence-corrected chi connectivity index (χ4v) is 3.83. The molecule has 2 aromatic carbocycles. The third-order valence-electron chi connectivity index (χ3n) is 5.49. The molecular weight excluding hydrogens is 446 g/mol. The predicted octanol–water partition coefficient (Wildman–Crippen LogP) is 4.53. The van der Waals surface area contributed by atoms with E-state index in [9.17, 15) is 23.2 Å². The first-order valence-corrected chi connectivity index (χ1v) is 10.1. The summed E-state index contributed by atoms with van der Waals surface area (Å²) in [5.74, 6) is -2.29. The summed E-state index contributed by atoms with van der Waals surface area (Å²) in [5, 5.41) is 0.552. The van der Waals surface area contributed by atoms with Gasteiger partial charge < -0.3 is 14.3 Å². The number of aryl methyl sites for hydroxylation is 1. The van der Waals surface area contributed by atoms with Crippen molar-refractivity contribution in [1.82, 2.24) is 9.55 Å². The maximum atomic E-state index is 14.3. The Kier molecular flexibility index (Phi) is 4.85. The van der Waals surface area contributed by atoms with Gasteiger partial charge in [0.2, 0.25) is 0 Å². The summed E-state index contributed by atoms with van der Waals surface area (Å²) in [6, 6.07) is 8.31. The summed E-state index contributed by atoms with van der Waals surface area (Å²) in [5.41, 5.74) is 1.23. The Morgan fingerprint density at radius 1 is 0.971 bits per heavy atom. The number of aromatic nitrogens is 2. The van der Waals surface area contributed by atoms with E-state index in [1.54, 1.807) is 25.5 Å². The van der Waals surface area contributed by atoms with Crippen LogP contribution < -0.4 is 15.2 Å². The highest BCUT2D eigenvalue weighted by atomic mass is 19.1. The van der Waals surface area contributed by atoms with Gasteiger partial charge in [0, 0.05) is 42.0 Å². The maximum absolute atomic E-state index is 14.3. The number of H-pyrrole nitrogens is 1. The lowest BCUT2D eigenvalue weighted by molar-refractivity contribution is -0.111. The van der Waals surface area contributed by atoms with Crippen LogP contribution in [0.4, 0.5) is 19.3 Å². The molecule has 3 amide bonds. The number of hydrogen-bond donors (Lipinski definition) is 1. The molecule has 4 aromatic rings. The fourth-order valence-electron chi connectivity index (χ4n) is 3.83. The monoisotopic (exact) mass is 462 g/mol. The average Bonchev–Trinajstić information content (AvgIpc) is 3.38. The van der Waals surface area contributed by atoms with Gasteiger partial charge in [0.1, 0.15) is 22.8 Å². The smallest absolute Gasteiger partial charge is 0.355 e. The molecule has 5 rings (SSSR count). The molecule has 0 aliphatic carbocycles. The lowest BCUT2D eigenvalue weighted by atomic mass is 10.0. The number of benzene rings is 2. The number of rotatable bonds is 4. The van der Waals surface area contributed by atoms with Gasteiger partial charge in [-0.15, -0.1) is 0 Å². The predicted molar refractivity (Wildman–Crippen MR) is 121 cm³/mol. The highest BCUT2D eigenvalue weighted by Crippen LogP contribution is 2.40. The van der Waals surface area contributed by atoms with E-state index in [1.165, 1.54) is 29.7 Å². The van der Waals surface area contributed by atoms with Crippen LogP contribution in [0.2, 0.25) is 0 Å². The first kappa shape index (κ1) is 21.3. The second-order valence-corrected chi connectivity index (χ2v) is 7.70. The molecule has 0 saturated heterocycles. The molecular formula is C24H16F2N4O4. The Morgan fingerprint density at radius 3 is 2.44 bits per heavy atom. The molecule has 0 saturated carbocycles. The summed E-state index contributed by atoms with van der Waals surface area (Å²) in [4.78, 5) is 44.8. The number of halogens is 2.